The summed E-state index contributed by atoms with van der Waals surface area (Å²) < 4.78 is 7.49. The zero-order valence-electron chi connectivity index (χ0n) is 22.5. The first kappa shape index (κ1) is 25.9. The average molecular weight is 548 g/mol. The van der Waals surface area contributed by atoms with Gasteiger partial charge < -0.3 is 24.0 Å². The van der Waals surface area contributed by atoms with Gasteiger partial charge in [-0.05, 0) is 61.7 Å². The van der Waals surface area contributed by atoms with E-state index in [9.17, 15) is 9.59 Å². The Morgan fingerprint density at radius 1 is 1.05 bits per heavy atom. The van der Waals surface area contributed by atoms with Gasteiger partial charge in [0.1, 0.15) is 0 Å². The van der Waals surface area contributed by atoms with Crippen molar-refractivity contribution in [3.05, 3.63) is 70.3 Å². The molecule has 204 valence electrons. The number of amides is 1. The maximum Gasteiger partial charge on any atom is 0.335 e. The Balaban J connectivity index is 1.27. The minimum atomic E-state index is -0.897. The number of hydrogen-bond donors (Lipinski definition) is 0. The molecule has 39 heavy (non-hydrogen) atoms. The van der Waals surface area contributed by atoms with Crippen molar-refractivity contribution in [3.8, 4) is 11.1 Å². The Morgan fingerprint density at radius 3 is 2.54 bits per heavy atom. The quantitative estimate of drug-likeness (QED) is 0.404. The van der Waals surface area contributed by atoms with Crippen molar-refractivity contribution < 1.29 is 14.3 Å². The first-order chi connectivity index (χ1) is 19.0. The molecule has 1 amide bonds. The number of carbonyl (C=O) groups is 2. The molecule has 3 aromatic rings. The second kappa shape index (κ2) is 10.7. The van der Waals surface area contributed by atoms with Crippen LogP contribution in [0.1, 0.15) is 53.6 Å². The van der Waals surface area contributed by atoms with Crippen LogP contribution in [0, 0.1) is 0 Å². The number of benzene rings is 2. The maximum atomic E-state index is 13.8. The van der Waals surface area contributed by atoms with Gasteiger partial charge in [0.05, 0.1) is 18.6 Å². The number of piperazine rings is 1. The number of aryl methyl sites for hydroxylation is 1. The molecule has 0 saturated carbocycles. The molecule has 8 nitrogen and oxygen atoms in total. The summed E-state index contributed by atoms with van der Waals surface area (Å²) in [5, 5.41) is 0.524. The van der Waals surface area contributed by atoms with Crippen LogP contribution in [0.15, 0.2) is 42.7 Å². The van der Waals surface area contributed by atoms with E-state index in [0.29, 0.717) is 16.3 Å². The minimum Gasteiger partial charge on any atom is -0.464 e. The topological polar surface area (TPSA) is 70.9 Å². The van der Waals surface area contributed by atoms with Gasteiger partial charge in [0.15, 0.2) is 6.04 Å². The van der Waals surface area contributed by atoms with Crippen molar-refractivity contribution in [2.75, 3.05) is 44.2 Å². The molecule has 3 aliphatic heterocycles. The molecule has 1 atom stereocenters. The summed E-state index contributed by atoms with van der Waals surface area (Å²) in [7, 11) is 0. The summed E-state index contributed by atoms with van der Waals surface area (Å²) in [6.07, 6.45) is 3.59. The summed E-state index contributed by atoms with van der Waals surface area (Å²) in [5.41, 5.74) is 5.96. The fourth-order valence-corrected chi connectivity index (χ4v) is 6.37. The van der Waals surface area contributed by atoms with Gasteiger partial charge in [0.25, 0.3) is 5.91 Å². The van der Waals surface area contributed by atoms with E-state index in [-0.39, 0.29) is 19.1 Å². The molecule has 1 fully saturated rings. The Bertz CT molecular complexity index is 1390. The molecule has 3 aliphatic rings. The largest absolute Gasteiger partial charge is 0.464 e. The zero-order chi connectivity index (χ0) is 27.1. The second-order valence-electron chi connectivity index (χ2n) is 10.4. The van der Waals surface area contributed by atoms with E-state index in [0.717, 1.165) is 74.5 Å². The number of fused-ring (bicyclic) bond motifs is 2. The van der Waals surface area contributed by atoms with Crippen LogP contribution in [-0.2, 0) is 29.0 Å². The molecule has 6 rings (SSSR count). The highest BCUT2D eigenvalue weighted by molar-refractivity contribution is 6.32. The number of ether oxygens (including phenoxy) is 1. The van der Waals surface area contributed by atoms with Crippen molar-refractivity contribution >= 4 is 29.2 Å². The molecule has 0 radical (unpaired) electrons. The van der Waals surface area contributed by atoms with Crippen LogP contribution in [0.2, 0.25) is 5.02 Å². The van der Waals surface area contributed by atoms with E-state index in [4.69, 9.17) is 16.3 Å². The van der Waals surface area contributed by atoms with Gasteiger partial charge in [0, 0.05) is 66.8 Å². The molecule has 1 aromatic heterocycles. The lowest BCUT2D eigenvalue weighted by Gasteiger charge is -2.35. The Hall–Kier alpha value is -3.36. The fourth-order valence-electron chi connectivity index (χ4n) is 6.09. The van der Waals surface area contributed by atoms with Crippen molar-refractivity contribution in [1.29, 1.82) is 0 Å². The average Bonchev–Trinajstić information content (AvgIpc) is 3.66. The lowest BCUT2D eigenvalue weighted by atomic mass is 10.00. The molecule has 2 aromatic carbocycles. The van der Waals surface area contributed by atoms with Crippen molar-refractivity contribution in [3.63, 3.8) is 0 Å². The van der Waals surface area contributed by atoms with Crippen LogP contribution in [0.4, 0.5) is 5.69 Å². The number of hydrogen-bond acceptors (Lipinski definition) is 6. The first-order valence-electron chi connectivity index (χ1n) is 13.9. The Labute approximate surface area is 234 Å². The van der Waals surface area contributed by atoms with E-state index < -0.39 is 12.0 Å². The van der Waals surface area contributed by atoms with Crippen molar-refractivity contribution in [1.82, 2.24) is 19.4 Å². The maximum absolute atomic E-state index is 13.8. The van der Waals surface area contributed by atoms with Crippen LogP contribution >= 0.6 is 11.6 Å². The molecule has 0 N–H and O–H groups in total. The molecule has 0 aliphatic carbocycles. The standard InChI is InChI=1S/C30H34ClN5O3/c1-3-33-12-14-34(15-13-33)22-9-7-20(8-10-22)21-16-23-24(25(31)17-21)18-36(29(23)37)28(30(38)39-4-2)27-26-6-5-11-35(26)19-32-27/h7-10,16-17,19,28H,3-6,11-15,18H2,1-2H3. The number of anilines is 1. The molecule has 1 saturated heterocycles. The number of aromatic nitrogens is 2. The Morgan fingerprint density at radius 2 is 1.82 bits per heavy atom. The number of halogens is 1. The first-order valence-corrected chi connectivity index (χ1v) is 14.3. The molecule has 0 bridgehead atoms. The van der Waals surface area contributed by atoms with Gasteiger partial charge in [-0.15, -0.1) is 0 Å². The normalized spacial score (nSPS) is 17.9. The number of likely N-dealkylation sites (N-methyl/N-ethyl adjacent to an activating group) is 1. The van der Waals surface area contributed by atoms with Crippen LogP contribution in [0.25, 0.3) is 11.1 Å². The predicted molar refractivity (Wildman–Crippen MR) is 151 cm³/mol. The summed E-state index contributed by atoms with van der Waals surface area (Å²) in [6.45, 7) is 10.6. The van der Waals surface area contributed by atoms with E-state index in [2.05, 4.69) is 50.5 Å². The zero-order valence-corrected chi connectivity index (χ0v) is 23.3. The van der Waals surface area contributed by atoms with Crippen LogP contribution in [0.3, 0.4) is 0 Å². The van der Waals surface area contributed by atoms with Gasteiger partial charge in [-0.25, -0.2) is 9.78 Å². The summed E-state index contributed by atoms with van der Waals surface area (Å²) >= 11 is 6.77. The van der Waals surface area contributed by atoms with Gasteiger partial charge in [-0.3, -0.25) is 4.79 Å². The number of esters is 1. The third-order valence-corrected chi connectivity index (χ3v) is 8.61. The van der Waals surface area contributed by atoms with E-state index in [1.165, 1.54) is 5.69 Å². The molecule has 1 unspecified atom stereocenters. The second-order valence-corrected chi connectivity index (χ2v) is 10.8. The summed E-state index contributed by atoms with van der Waals surface area (Å²) in [5.74, 6) is -0.685. The van der Waals surface area contributed by atoms with Crippen LogP contribution < -0.4 is 4.90 Å². The third-order valence-electron chi connectivity index (χ3n) is 8.27. The Kier molecular flexibility index (Phi) is 7.08. The van der Waals surface area contributed by atoms with Gasteiger partial charge in [0.2, 0.25) is 0 Å². The highest BCUT2D eigenvalue weighted by atomic mass is 35.5. The number of imidazole rings is 1. The number of carbonyl (C=O) groups excluding carboxylic acids is 2. The molecular weight excluding hydrogens is 514 g/mol. The van der Waals surface area contributed by atoms with E-state index in [1.54, 1.807) is 18.2 Å². The SMILES string of the molecule is CCOC(=O)C(c1ncn2c1CCC2)N1Cc2c(Cl)cc(-c3ccc(N4CCN(CC)CC4)cc3)cc2C1=O. The number of nitrogens with zero attached hydrogens (tertiary/aromatic N) is 5. The lowest BCUT2D eigenvalue weighted by molar-refractivity contribution is -0.149. The van der Waals surface area contributed by atoms with E-state index in [1.807, 2.05) is 12.1 Å². The van der Waals surface area contributed by atoms with Crippen LogP contribution in [0.5, 0.6) is 0 Å². The minimum absolute atomic E-state index is 0.225. The van der Waals surface area contributed by atoms with Crippen molar-refractivity contribution in [2.45, 2.75) is 45.8 Å². The van der Waals surface area contributed by atoms with E-state index >= 15 is 0 Å². The fraction of sp³-hybridized carbons (Fsp3) is 0.433. The summed E-state index contributed by atoms with van der Waals surface area (Å²) in [4.78, 5) is 38.0. The van der Waals surface area contributed by atoms with Crippen LogP contribution in [-0.4, -0.2) is 70.6 Å². The van der Waals surface area contributed by atoms with Gasteiger partial charge in [-0.1, -0.05) is 30.7 Å². The third kappa shape index (κ3) is 4.70. The highest BCUT2D eigenvalue weighted by Crippen LogP contribution is 2.39. The predicted octanol–water partition coefficient (Wildman–Crippen LogP) is 4.55. The lowest BCUT2D eigenvalue weighted by Crippen LogP contribution is -2.46. The van der Waals surface area contributed by atoms with Crippen molar-refractivity contribution in [2.24, 2.45) is 0 Å². The highest BCUT2D eigenvalue weighted by Gasteiger charge is 2.42. The summed E-state index contributed by atoms with van der Waals surface area (Å²) in [6, 6.07) is 11.4. The van der Waals surface area contributed by atoms with Gasteiger partial charge >= 0.3 is 5.97 Å². The molecule has 0 spiro atoms. The molecule has 9 heteroatoms. The monoisotopic (exact) mass is 547 g/mol. The smallest absolute Gasteiger partial charge is 0.335 e. The molecule has 4 heterocycles. The van der Waals surface area contributed by atoms with Gasteiger partial charge in [-0.2, -0.15) is 0 Å². The number of rotatable bonds is 7. The molecular formula is C30H34ClN5O3.